The van der Waals surface area contributed by atoms with Crippen LogP contribution >= 0.6 is 0 Å². The molecule has 1 heterocycles. The quantitative estimate of drug-likeness (QED) is 0.605. The Hall–Kier alpha value is -1.25. The summed E-state index contributed by atoms with van der Waals surface area (Å²) in [6.07, 6.45) is -1.04. The molecule has 0 aliphatic rings. The molecule has 0 saturated carbocycles. The Labute approximate surface area is 63.4 Å². The Morgan fingerprint density at radius 1 is 1.45 bits per heavy atom. The molecular formula is C8H6F2N. The summed E-state index contributed by atoms with van der Waals surface area (Å²) >= 11 is 0. The normalized spacial score (nSPS) is 9.36. The van der Waals surface area contributed by atoms with Crippen LogP contribution in [0.3, 0.4) is 0 Å². The van der Waals surface area contributed by atoms with Crippen LogP contribution in [0, 0.1) is 6.92 Å². The van der Waals surface area contributed by atoms with Crippen molar-refractivity contribution in [3.05, 3.63) is 42.6 Å². The van der Waals surface area contributed by atoms with E-state index in [9.17, 15) is 8.78 Å². The van der Waals surface area contributed by atoms with Gasteiger partial charge in [-0.1, -0.05) is 6.07 Å². The second-order valence-electron chi connectivity index (χ2n) is 1.99. The van der Waals surface area contributed by atoms with Crippen LogP contribution in [0.25, 0.3) is 6.08 Å². The minimum absolute atomic E-state index is 0.234. The van der Waals surface area contributed by atoms with Gasteiger partial charge < -0.3 is 0 Å². The van der Waals surface area contributed by atoms with Crippen LogP contribution in [0.2, 0.25) is 0 Å². The van der Waals surface area contributed by atoms with Crippen LogP contribution in [0.4, 0.5) is 8.78 Å². The highest BCUT2D eigenvalue weighted by Crippen LogP contribution is 2.06. The highest BCUT2D eigenvalue weighted by Gasteiger charge is 1.93. The van der Waals surface area contributed by atoms with Gasteiger partial charge in [-0.3, -0.25) is 4.98 Å². The van der Waals surface area contributed by atoms with E-state index in [1.807, 2.05) is 0 Å². The molecule has 0 bridgehead atoms. The zero-order valence-corrected chi connectivity index (χ0v) is 5.72. The largest absolute Gasteiger partial charge is 0.272 e. The van der Waals surface area contributed by atoms with Gasteiger partial charge in [0.1, 0.15) is 0 Å². The number of hydrogen-bond acceptors (Lipinski definition) is 1. The molecule has 11 heavy (non-hydrogen) atoms. The minimum Gasteiger partial charge on any atom is -0.253 e. The molecule has 1 rings (SSSR count). The second-order valence-corrected chi connectivity index (χ2v) is 1.99. The predicted octanol–water partition coefficient (Wildman–Crippen LogP) is 2.50. The van der Waals surface area contributed by atoms with E-state index in [-0.39, 0.29) is 5.69 Å². The van der Waals surface area contributed by atoms with Crippen LogP contribution in [-0.2, 0) is 0 Å². The number of hydrogen-bond donors (Lipinski definition) is 0. The van der Waals surface area contributed by atoms with Gasteiger partial charge in [0.15, 0.2) is 0 Å². The summed E-state index contributed by atoms with van der Waals surface area (Å²) in [5.74, 6) is 0. The first-order valence-electron chi connectivity index (χ1n) is 3.00. The zero-order chi connectivity index (χ0) is 8.27. The maximum absolute atomic E-state index is 11.7. The Balaban J connectivity index is 2.97. The summed E-state index contributed by atoms with van der Waals surface area (Å²) in [7, 11) is 0. The van der Waals surface area contributed by atoms with Crippen molar-refractivity contribution in [1.82, 2.24) is 4.98 Å². The molecular weight excluding hydrogens is 148 g/mol. The SMILES string of the molecule is [CH2]c1cccc(C=C(F)F)n1. The van der Waals surface area contributed by atoms with Crippen LogP contribution in [0.5, 0.6) is 0 Å². The molecule has 0 N–H and O–H groups in total. The standard InChI is InChI=1S/C8H6F2N/c1-6-3-2-4-7(11-6)5-8(9)10/h2-5H,1H2. The van der Waals surface area contributed by atoms with E-state index in [2.05, 4.69) is 11.9 Å². The third-order valence-corrected chi connectivity index (χ3v) is 1.09. The van der Waals surface area contributed by atoms with E-state index in [4.69, 9.17) is 0 Å². The van der Waals surface area contributed by atoms with Gasteiger partial charge in [-0.25, -0.2) is 0 Å². The van der Waals surface area contributed by atoms with Crippen molar-refractivity contribution < 1.29 is 8.78 Å². The van der Waals surface area contributed by atoms with E-state index < -0.39 is 6.08 Å². The Morgan fingerprint density at radius 3 is 2.73 bits per heavy atom. The van der Waals surface area contributed by atoms with Gasteiger partial charge in [-0.15, -0.1) is 0 Å². The molecule has 3 heteroatoms. The van der Waals surface area contributed by atoms with E-state index in [0.29, 0.717) is 11.8 Å². The number of pyridine rings is 1. The number of halogens is 2. The molecule has 0 saturated heterocycles. The van der Waals surface area contributed by atoms with Gasteiger partial charge in [0, 0.05) is 11.8 Å². The molecule has 1 nitrogen and oxygen atoms in total. The summed E-state index contributed by atoms with van der Waals surface area (Å²) < 4.78 is 23.3. The third kappa shape index (κ3) is 2.45. The van der Waals surface area contributed by atoms with Crippen molar-refractivity contribution in [3.63, 3.8) is 0 Å². The van der Waals surface area contributed by atoms with Crippen LogP contribution in [0.1, 0.15) is 11.4 Å². The lowest BCUT2D eigenvalue weighted by atomic mass is 10.3. The predicted molar refractivity (Wildman–Crippen MR) is 38.9 cm³/mol. The molecule has 57 valence electrons. The van der Waals surface area contributed by atoms with Crippen molar-refractivity contribution in [2.75, 3.05) is 0 Å². The summed E-state index contributed by atoms with van der Waals surface area (Å²) in [5, 5.41) is 0. The van der Waals surface area contributed by atoms with Gasteiger partial charge in [-0.2, -0.15) is 8.78 Å². The van der Waals surface area contributed by atoms with Crippen molar-refractivity contribution >= 4 is 6.08 Å². The molecule has 0 aromatic carbocycles. The van der Waals surface area contributed by atoms with Crippen LogP contribution < -0.4 is 0 Å². The topological polar surface area (TPSA) is 12.9 Å². The van der Waals surface area contributed by atoms with E-state index in [1.165, 1.54) is 6.07 Å². The number of nitrogens with zero attached hydrogens (tertiary/aromatic N) is 1. The molecule has 0 unspecified atom stereocenters. The monoisotopic (exact) mass is 154 g/mol. The first kappa shape index (κ1) is 7.85. The van der Waals surface area contributed by atoms with Gasteiger partial charge in [-0.05, 0) is 19.1 Å². The van der Waals surface area contributed by atoms with Crippen LogP contribution in [-0.4, -0.2) is 4.98 Å². The van der Waals surface area contributed by atoms with E-state index in [1.54, 1.807) is 12.1 Å². The number of aromatic nitrogens is 1. The van der Waals surface area contributed by atoms with Gasteiger partial charge in [0.2, 0.25) is 0 Å². The molecule has 0 aliphatic heterocycles. The van der Waals surface area contributed by atoms with Crippen molar-refractivity contribution in [2.24, 2.45) is 0 Å². The van der Waals surface area contributed by atoms with Gasteiger partial charge >= 0.3 is 0 Å². The highest BCUT2D eigenvalue weighted by molar-refractivity contribution is 5.45. The van der Waals surface area contributed by atoms with Gasteiger partial charge in [0.05, 0.1) is 5.69 Å². The highest BCUT2D eigenvalue weighted by atomic mass is 19.3. The fourth-order valence-corrected chi connectivity index (χ4v) is 0.690. The molecule has 1 aromatic rings. The van der Waals surface area contributed by atoms with Crippen molar-refractivity contribution in [1.29, 1.82) is 0 Å². The lowest BCUT2D eigenvalue weighted by Crippen LogP contribution is -1.83. The van der Waals surface area contributed by atoms with E-state index in [0.717, 1.165) is 0 Å². The lowest BCUT2D eigenvalue weighted by Gasteiger charge is -1.92. The molecule has 0 fully saturated rings. The summed E-state index contributed by atoms with van der Waals surface area (Å²) in [5.41, 5.74) is 0.720. The molecule has 1 radical (unpaired) electrons. The maximum atomic E-state index is 11.7. The first-order chi connectivity index (χ1) is 5.18. The maximum Gasteiger partial charge on any atom is 0.272 e. The molecule has 0 aliphatic carbocycles. The summed E-state index contributed by atoms with van der Waals surface area (Å²) in [6.45, 7) is 3.50. The molecule has 0 amide bonds. The molecule has 0 atom stereocenters. The van der Waals surface area contributed by atoms with Crippen LogP contribution in [0.15, 0.2) is 24.3 Å². The average Bonchev–Trinajstić information content (AvgIpc) is 1.85. The molecule has 1 aromatic heterocycles. The Morgan fingerprint density at radius 2 is 2.18 bits per heavy atom. The third-order valence-electron chi connectivity index (χ3n) is 1.09. The smallest absolute Gasteiger partial charge is 0.253 e. The Bertz CT molecular complexity index is 277. The lowest BCUT2D eigenvalue weighted by molar-refractivity contribution is 0.429. The second kappa shape index (κ2) is 3.23. The fraction of sp³-hybridized carbons (Fsp3) is 0. The molecule has 0 spiro atoms. The zero-order valence-electron chi connectivity index (χ0n) is 5.72. The van der Waals surface area contributed by atoms with Crippen molar-refractivity contribution in [3.8, 4) is 0 Å². The summed E-state index contributed by atoms with van der Waals surface area (Å²) in [4.78, 5) is 3.75. The fourth-order valence-electron chi connectivity index (χ4n) is 0.690. The number of rotatable bonds is 1. The first-order valence-corrected chi connectivity index (χ1v) is 3.00. The average molecular weight is 154 g/mol. The summed E-state index contributed by atoms with van der Waals surface area (Å²) in [6, 6.07) is 4.77. The van der Waals surface area contributed by atoms with E-state index >= 15 is 0 Å². The minimum atomic E-state index is -1.75. The van der Waals surface area contributed by atoms with Crippen molar-refractivity contribution in [2.45, 2.75) is 0 Å². The van der Waals surface area contributed by atoms with Gasteiger partial charge in [0.25, 0.3) is 6.08 Å². The Kier molecular flexibility index (Phi) is 2.31.